The molecule has 2 heterocycles. The quantitative estimate of drug-likeness (QED) is 0.928. The largest absolute Gasteiger partial charge is 0.351 e. The molecule has 1 fully saturated rings. The standard InChI is InChI=1S/C15H22N2O2S/c18-14(17-10-4-2-1-3-5-11-17)8-9-16-15(19)13-7-6-12-20-13/h6-7,12H,1-5,8-11H2,(H,16,19). The summed E-state index contributed by atoms with van der Waals surface area (Å²) < 4.78 is 0. The highest BCUT2D eigenvalue weighted by molar-refractivity contribution is 7.12. The fourth-order valence-electron chi connectivity index (χ4n) is 2.43. The van der Waals surface area contributed by atoms with E-state index in [1.807, 2.05) is 16.3 Å². The molecule has 0 unspecified atom stereocenters. The smallest absolute Gasteiger partial charge is 0.261 e. The van der Waals surface area contributed by atoms with Crippen LogP contribution in [0, 0.1) is 0 Å². The van der Waals surface area contributed by atoms with Crippen molar-refractivity contribution in [3.63, 3.8) is 0 Å². The molecule has 0 radical (unpaired) electrons. The Balaban J connectivity index is 1.70. The van der Waals surface area contributed by atoms with Crippen LogP contribution in [0.4, 0.5) is 0 Å². The molecule has 2 amide bonds. The second kappa shape index (κ2) is 8.04. The van der Waals surface area contributed by atoms with Gasteiger partial charge in [-0.05, 0) is 24.3 Å². The third-order valence-corrected chi connectivity index (χ3v) is 4.45. The van der Waals surface area contributed by atoms with Gasteiger partial charge in [0.25, 0.3) is 5.91 Å². The van der Waals surface area contributed by atoms with Crippen LogP contribution >= 0.6 is 11.3 Å². The summed E-state index contributed by atoms with van der Waals surface area (Å²) in [5.74, 6) is 0.0823. The van der Waals surface area contributed by atoms with Crippen molar-refractivity contribution in [3.05, 3.63) is 22.4 Å². The number of carbonyl (C=O) groups excluding carboxylic acids is 2. The molecule has 1 aliphatic rings. The summed E-state index contributed by atoms with van der Waals surface area (Å²) in [7, 11) is 0. The van der Waals surface area contributed by atoms with Crippen molar-refractivity contribution in [1.29, 1.82) is 0 Å². The topological polar surface area (TPSA) is 49.4 Å². The Morgan fingerprint density at radius 2 is 1.85 bits per heavy atom. The molecule has 0 aliphatic carbocycles. The molecule has 0 atom stereocenters. The lowest BCUT2D eigenvalue weighted by Crippen LogP contribution is -2.36. The molecule has 1 saturated heterocycles. The van der Waals surface area contributed by atoms with E-state index in [1.165, 1.54) is 30.6 Å². The zero-order valence-electron chi connectivity index (χ0n) is 11.8. The van der Waals surface area contributed by atoms with E-state index >= 15 is 0 Å². The summed E-state index contributed by atoms with van der Waals surface area (Å²) in [6.45, 7) is 2.17. The van der Waals surface area contributed by atoms with Crippen LogP contribution in [0.2, 0.25) is 0 Å². The van der Waals surface area contributed by atoms with Gasteiger partial charge in [-0.1, -0.05) is 25.3 Å². The van der Waals surface area contributed by atoms with Crippen LogP contribution < -0.4 is 5.32 Å². The van der Waals surface area contributed by atoms with Gasteiger partial charge in [-0.15, -0.1) is 11.3 Å². The van der Waals surface area contributed by atoms with E-state index < -0.39 is 0 Å². The second-order valence-corrected chi connectivity index (χ2v) is 6.08. The third-order valence-electron chi connectivity index (χ3n) is 3.58. The molecule has 1 aromatic heterocycles. The van der Waals surface area contributed by atoms with E-state index in [1.54, 1.807) is 6.07 Å². The summed E-state index contributed by atoms with van der Waals surface area (Å²) in [4.78, 5) is 26.5. The fraction of sp³-hybridized carbons (Fsp3) is 0.600. The van der Waals surface area contributed by atoms with Gasteiger partial charge >= 0.3 is 0 Å². The molecule has 0 spiro atoms. The number of nitrogens with one attached hydrogen (secondary N) is 1. The summed E-state index contributed by atoms with van der Waals surface area (Å²) in [5.41, 5.74) is 0. The van der Waals surface area contributed by atoms with Crippen molar-refractivity contribution in [2.24, 2.45) is 0 Å². The van der Waals surface area contributed by atoms with E-state index in [0.717, 1.165) is 25.9 Å². The van der Waals surface area contributed by atoms with Crippen molar-refractivity contribution in [2.75, 3.05) is 19.6 Å². The predicted octanol–water partition coefficient (Wildman–Crippen LogP) is 2.66. The molecule has 4 nitrogen and oxygen atoms in total. The Kier molecular flexibility index (Phi) is 6.05. The summed E-state index contributed by atoms with van der Waals surface area (Å²) in [6.07, 6.45) is 6.34. The maximum atomic E-state index is 12.1. The molecule has 0 aromatic carbocycles. The first-order valence-corrected chi connectivity index (χ1v) is 8.25. The van der Waals surface area contributed by atoms with Gasteiger partial charge in [0.2, 0.25) is 5.91 Å². The number of hydrogen-bond donors (Lipinski definition) is 1. The van der Waals surface area contributed by atoms with Crippen LogP contribution in [-0.4, -0.2) is 36.3 Å². The summed E-state index contributed by atoms with van der Waals surface area (Å²) in [6, 6.07) is 3.64. The van der Waals surface area contributed by atoms with Crippen molar-refractivity contribution in [3.8, 4) is 0 Å². The molecule has 5 heteroatoms. The zero-order valence-corrected chi connectivity index (χ0v) is 12.6. The SMILES string of the molecule is O=C(NCCC(=O)N1CCCCCCC1)c1cccs1. The van der Waals surface area contributed by atoms with Crippen molar-refractivity contribution in [2.45, 2.75) is 38.5 Å². The Labute approximate surface area is 124 Å². The van der Waals surface area contributed by atoms with Gasteiger partial charge in [-0.2, -0.15) is 0 Å². The van der Waals surface area contributed by atoms with Crippen LogP contribution in [0.25, 0.3) is 0 Å². The summed E-state index contributed by atoms with van der Waals surface area (Å²) >= 11 is 1.42. The Hall–Kier alpha value is -1.36. The van der Waals surface area contributed by atoms with Gasteiger partial charge in [-0.25, -0.2) is 0 Å². The number of carbonyl (C=O) groups is 2. The molecular weight excluding hydrogens is 272 g/mol. The normalized spacial score (nSPS) is 16.3. The van der Waals surface area contributed by atoms with Crippen LogP contribution in [-0.2, 0) is 4.79 Å². The Morgan fingerprint density at radius 3 is 2.50 bits per heavy atom. The van der Waals surface area contributed by atoms with Gasteiger partial charge in [0.15, 0.2) is 0 Å². The van der Waals surface area contributed by atoms with Gasteiger partial charge in [0.1, 0.15) is 0 Å². The molecule has 1 N–H and O–H groups in total. The lowest BCUT2D eigenvalue weighted by molar-refractivity contribution is -0.131. The van der Waals surface area contributed by atoms with Crippen LogP contribution in [0.3, 0.4) is 0 Å². The molecule has 110 valence electrons. The van der Waals surface area contributed by atoms with E-state index in [-0.39, 0.29) is 11.8 Å². The molecule has 0 bridgehead atoms. The van der Waals surface area contributed by atoms with E-state index in [4.69, 9.17) is 0 Å². The molecule has 20 heavy (non-hydrogen) atoms. The highest BCUT2D eigenvalue weighted by Crippen LogP contribution is 2.11. The van der Waals surface area contributed by atoms with Crippen LogP contribution in [0.1, 0.15) is 48.2 Å². The second-order valence-electron chi connectivity index (χ2n) is 5.13. The first-order valence-electron chi connectivity index (χ1n) is 7.37. The highest BCUT2D eigenvalue weighted by atomic mass is 32.1. The Morgan fingerprint density at radius 1 is 1.15 bits per heavy atom. The number of nitrogens with zero attached hydrogens (tertiary/aromatic N) is 1. The molecule has 2 rings (SSSR count). The number of thiophene rings is 1. The van der Waals surface area contributed by atoms with Gasteiger partial charge < -0.3 is 10.2 Å². The lowest BCUT2D eigenvalue weighted by atomic mass is 10.1. The van der Waals surface area contributed by atoms with E-state index in [9.17, 15) is 9.59 Å². The van der Waals surface area contributed by atoms with E-state index in [0.29, 0.717) is 17.8 Å². The van der Waals surface area contributed by atoms with Gasteiger partial charge in [-0.3, -0.25) is 9.59 Å². The number of likely N-dealkylation sites (tertiary alicyclic amines) is 1. The average Bonchev–Trinajstić information content (AvgIpc) is 2.91. The van der Waals surface area contributed by atoms with Crippen molar-refractivity contribution < 1.29 is 9.59 Å². The van der Waals surface area contributed by atoms with Gasteiger partial charge in [0, 0.05) is 26.1 Å². The first-order chi connectivity index (χ1) is 9.77. The van der Waals surface area contributed by atoms with Crippen molar-refractivity contribution >= 4 is 23.2 Å². The van der Waals surface area contributed by atoms with Crippen LogP contribution in [0.15, 0.2) is 17.5 Å². The zero-order chi connectivity index (χ0) is 14.2. The molecule has 1 aromatic rings. The molecular formula is C15H22N2O2S. The van der Waals surface area contributed by atoms with Crippen LogP contribution in [0.5, 0.6) is 0 Å². The summed E-state index contributed by atoms with van der Waals surface area (Å²) in [5, 5.41) is 4.68. The maximum Gasteiger partial charge on any atom is 0.261 e. The average molecular weight is 294 g/mol. The fourth-order valence-corrected chi connectivity index (χ4v) is 3.07. The van der Waals surface area contributed by atoms with Gasteiger partial charge in [0.05, 0.1) is 4.88 Å². The highest BCUT2D eigenvalue weighted by Gasteiger charge is 2.15. The minimum absolute atomic E-state index is 0.0829. The van der Waals surface area contributed by atoms with Crippen molar-refractivity contribution in [1.82, 2.24) is 10.2 Å². The number of rotatable bonds is 4. The minimum Gasteiger partial charge on any atom is -0.351 e. The molecule has 1 aliphatic heterocycles. The number of hydrogen-bond acceptors (Lipinski definition) is 3. The molecule has 0 saturated carbocycles. The third kappa shape index (κ3) is 4.63. The first kappa shape index (κ1) is 15.0. The Bertz CT molecular complexity index is 423. The maximum absolute atomic E-state index is 12.1. The van der Waals surface area contributed by atoms with E-state index in [2.05, 4.69) is 5.32 Å². The number of amides is 2. The minimum atomic E-state index is -0.0829. The predicted molar refractivity (Wildman–Crippen MR) is 80.9 cm³/mol. The monoisotopic (exact) mass is 294 g/mol. The lowest BCUT2D eigenvalue weighted by Gasteiger charge is -2.24.